The Kier molecular flexibility index (Phi) is 3.28. The molecular weight excluding hydrogens is 277 g/mol. The van der Waals surface area contributed by atoms with Gasteiger partial charge in [-0.3, -0.25) is 4.79 Å². The van der Waals surface area contributed by atoms with Crippen LogP contribution in [0, 0.1) is 5.82 Å². The van der Waals surface area contributed by atoms with Crippen molar-refractivity contribution in [3.8, 4) is 0 Å². The average Bonchev–Trinajstić information content (AvgIpc) is 2.84. The highest BCUT2D eigenvalue weighted by atomic mass is 35.5. The second-order valence-electron chi connectivity index (χ2n) is 4.52. The van der Waals surface area contributed by atoms with Gasteiger partial charge in [0.2, 0.25) is 0 Å². The molecule has 0 aliphatic carbocycles. The third kappa shape index (κ3) is 2.21. The van der Waals surface area contributed by atoms with Crippen LogP contribution in [0.5, 0.6) is 0 Å². The Labute approximate surface area is 120 Å². The van der Waals surface area contributed by atoms with Gasteiger partial charge in [-0.2, -0.15) is 0 Å². The van der Waals surface area contributed by atoms with E-state index in [1.54, 1.807) is 29.0 Å². The lowest BCUT2D eigenvalue weighted by Crippen LogP contribution is -2.11. The summed E-state index contributed by atoms with van der Waals surface area (Å²) in [5, 5.41) is 1.52. The number of carbonyl (C=O) groups is 1. The lowest BCUT2D eigenvalue weighted by molar-refractivity contribution is 0.0969. The van der Waals surface area contributed by atoms with Gasteiger partial charge in [0.05, 0.1) is 12.1 Å². The first kappa shape index (κ1) is 12.9. The standard InChI is InChI=1S/C16H11ClFNO/c17-13-5-3-7-15-11(13)8-9-19(15)10-16(20)12-4-1-2-6-14(12)18/h1-9H,10H2. The molecule has 0 spiro atoms. The molecule has 2 nitrogen and oxygen atoms in total. The first-order chi connectivity index (χ1) is 9.66. The second-order valence-corrected chi connectivity index (χ2v) is 4.93. The lowest BCUT2D eigenvalue weighted by Gasteiger charge is -2.06. The molecule has 1 heterocycles. The van der Waals surface area contributed by atoms with Crippen LogP contribution in [0.25, 0.3) is 10.9 Å². The monoisotopic (exact) mass is 287 g/mol. The summed E-state index contributed by atoms with van der Waals surface area (Å²) in [6, 6.07) is 13.4. The van der Waals surface area contributed by atoms with Crippen molar-refractivity contribution in [1.29, 1.82) is 0 Å². The van der Waals surface area contributed by atoms with Gasteiger partial charge < -0.3 is 4.57 Å². The van der Waals surface area contributed by atoms with E-state index in [4.69, 9.17) is 11.6 Å². The summed E-state index contributed by atoms with van der Waals surface area (Å²) in [4.78, 5) is 12.2. The van der Waals surface area contributed by atoms with Crippen LogP contribution in [0.2, 0.25) is 5.02 Å². The molecule has 3 aromatic rings. The molecule has 0 aliphatic heterocycles. The molecule has 0 atom stereocenters. The van der Waals surface area contributed by atoms with Crippen LogP contribution < -0.4 is 0 Å². The number of rotatable bonds is 3. The van der Waals surface area contributed by atoms with Gasteiger partial charge in [-0.15, -0.1) is 0 Å². The number of halogens is 2. The van der Waals surface area contributed by atoms with Gasteiger partial charge in [-0.1, -0.05) is 29.8 Å². The van der Waals surface area contributed by atoms with Crippen LogP contribution in [0.15, 0.2) is 54.7 Å². The lowest BCUT2D eigenvalue weighted by atomic mass is 10.1. The SMILES string of the molecule is O=C(Cn1ccc2c(Cl)cccc21)c1ccccc1F. The summed E-state index contributed by atoms with van der Waals surface area (Å²) in [5.74, 6) is -0.757. The summed E-state index contributed by atoms with van der Waals surface area (Å²) >= 11 is 6.09. The number of benzene rings is 2. The highest BCUT2D eigenvalue weighted by molar-refractivity contribution is 6.35. The van der Waals surface area contributed by atoms with Gasteiger partial charge in [-0.05, 0) is 30.3 Å². The topological polar surface area (TPSA) is 22.0 Å². The van der Waals surface area contributed by atoms with Gasteiger partial charge >= 0.3 is 0 Å². The molecule has 2 aromatic carbocycles. The van der Waals surface area contributed by atoms with Crippen molar-refractivity contribution in [2.24, 2.45) is 0 Å². The molecule has 0 radical (unpaired) electrons. The van der Waals surface area contributed by atoms with E-state index < -0.39 is 5.82 Å². The smallest absolute Gasteiger partial charge is 0.185 e. The maximum Gasteiger partial charge on any atom is 0.185 e. The molecule has 0 saturated heterocycles. The molecule has 0 bridgehead atoms. The maximum atomic E-state index is 13.6. The zero-order valence-corrected chi connectivity index (χ0v) is 11.3. The average molecular weight is 288 g/mol. The van der Waals surface area contributed by atoms with E-state index in [0.717, 1.165) is 10.9 Å². The molecule has 0 N–H and O–H groups in total. The largest absolute Gasteiger partial charge is 0.340 e. The van der Waals surface area contributed by atoms with E-state index >= 15 is 0 Å². The highest BCUT2D eigenvalue weighted by Gasteiger charge is 2.13. The molecule has 20 heavy (non-hydrogen) atoms. The van der Waals surface area contributed by atoms with Crippen molar-refractivity contribution in [3.05, 3.63) is 71.1 Å². The van der Waals surface area contributed by atoms with Crippen LogP contribution >= 0.6 is 11.6 Å². The zero-order valence-electron chi connectivity index (χ0n) is 10.5. The van der Waals surface area contributed by atoms with Crippen LogP contribution in [0.4, 0.5) is 4.39 Å². The normalized spacial score (nSPS) is 10.9. The Hall–Kier alpha value is -2.13. The number of fused-ring (bicyclic) bond motifs is 1. The third-order valence-corrected chi connectivity index (χ3v) is 3.58. The summed E-state index contributed by atoms with van der Waals surface area (Å²) in [5.41, 5.74) is 0.971. The highest BCUT2D eigenvalue weighted by Crippen LogP contribution is 2.24. The number of hydrogen-bond acceptors (Lipinski definition) is 1. The quantitative estimate of drug-likeness (QED) is 0.658. The van der Waals surface area contributed by atoms with Crippen molar-refractivity contribution in [3.63, 3.8) is 0 Å². The van der Waals surface area contributed by atoms with Crippen molar-refractivity contribution in [2.75, 3.05) is 0 Å². The molecule has 100 valence electrons. The fourth-order valence-corrected chi connectivity index (χ4v) is 2.48. The molecule has 3 rings (SSSR count). The maximum absolute atomic E-state index is 13.6. The predicted octanol–water partition coefficient (Wildman–Crippen LogP) is 4.32. The molecule has 1 aromatic heterocycles. The first-order valence-electron chi connectivity index (χ1n) is 6.18. The molecule has 0 unspecified atom stereocenters. The Morgan fingerprint density at radius 2 is 1.90 bits per heavy atom. The van der Waals surface area contributed by atoms with Gasteiger partial charge in [0, 0.05) is 22.1 Å². The Bertz CT molecular complexity index is 794. The Balaban J connectivity index is 1.96. The van der Waals surface area contributed by atoms with Crippen LogP contribution in [0.1, 0.15) is 10.4 Å². The van der Waals surface area contributed by atoms with Gasteiger partial charge in [0.1, 0.15) is 5.82 Å². The van der Waals surface area contributed by atoms with E-state index in [9.17, 15) is 9.18 Å². The molecule has 0 fully saturated rings. The van der Waals surface area contributed by atoms with Crippen molar-refractivity contribution in [1.82, 2.24) is 4.57 Å². The van der Waals surface area contributed by atoms with E-state index in [0.29, 0.717) is 5.02 Å². The number of carbonyl (C=O) groups excluding carboxylic acids is 1. The number of Topliss-reactive ketones (excluding diaryl/α,β-unsaturated/α-hetero) is 1. The summed E-state index contributed by atoms with van der Waals surface area (Å²) in [6.07, 6.45) is 1.79. The van der Waals surface area contributed by atoms with Crippen LogP contribution in [0.3, 0.4) is 0 Å². The van der Waals surface area contributed by atoms with Crippen molar-refractivity contribution < 1.29 is 9.18 Å². The van der Waals surface area contributed by atoms with Crippen molar-refractivity contribution >= 4 is 28.3 Å². The minimum Gasteiger partial charge on any atom is -0.340 e. The van der Waals surface area contributed by atoms with Gasteiger partial charge in [0.25, 0.3) is 0 Å². The van der Waals surface area contributed by atoms with Crippen molar-refractivity contribution in [2.45, 2.75) is 6.54 Å². The number of hydrogen-bond donors (Lipinski definition) is 0. The number of ketones is 1. The van der Waals surface area contributed by atoms with E-state index in [1.165, 1.54) is 12.1 Å². The summed E-state index contributed by atoms with van der Waals surface area (Å²) in [6.45, 7) is 0.0881. The fourth-order valence-electron chi connectivity index (χ4n) is 2.25. The summed E-state index contributed by atoms with van der Waals surface area (Å²) in [7, 11) is 0. The van der Waals surface area contributed by atoms with Crippen LogP contribution in [-0.4, -0.2) is 10.4 Å². The fraction of sp³-hybridized carbons (Fsp3) is 0.0625. The molecular formula is C16H11ClFNO. The minimum atomic E-state index is -0.494. The Morgan fingerprint density at radius 1 is 1.10 bits per heavy atom. The molecule has 0 amide bonds. The molecule has 4 heteroatoms. The summed E-state index contributed by atoms with van der Waals surface area (Å²) < 4.78 is 15.4. The number of nitrogens with zero attached hydrogens (tertiary/aromatic N) is 1. The minimum absolute atomic E-state index is 0.0881. The van der Waals surface area contributed by atoms with Gasteiger partial charge in [0.15, 0.2) is 5.78 Å². The van der Waals surface area contributed by atoms with E-state index in [1.807, 2.05) is 18.2 Å². The van der Waals surface area contributed by atoms with Gasteiger partial charge in [-0.25, -0.2) is 4.39 Å². The molecule has 0 saturated carbocycles. The van der Waals surface area contributed by atoms with E-state index in [-0.39, 0.29) is 17.9 Å². The second kappa shape index (κ2) is 5.10. The first-order valence-corrected chi connectivity index (χ1v) is 6.56. The third-order valence-electron chi connectivity index (χ3n) is 3.25. The zero-order chi connectivity index (χ0) is 14.1. The Morgan fingerprint density at radius 3 is 2.70 bits per heavy atom. The predicted molar refractivity (Wildman–Crippen MR) is 77.7 cm³/mol. The molecule has 0 aliphatic rings. The van der Waals surface area contributed by atoms with Crippen LogP contribution in [-0.2, 0) is 6.54 Å². The van der Waals surface area contributed by atoms with E-state index in [2.05, 4.69) is 0 Å². The number of aromatic nitrogens is 1.